The number of likely N-dealkylation sites (N-methyl/N-ethyl adjacent to an activating group) is 1. The van der Waals surface area contributed by atoms with Crippen LogP contribution in [-0.4, -0.2) is 63.8 Å². The summed E-state index contributed by atoms with van der Waals surface area (Å²) >= 11 is 0. The molecule has 0 aliphatic carbocycles. The molecule has 5 nitrogen and oxygen atoms in total. The highest BCUT2D eigenvalue weighted by Gasteiger charge is 2.33. The molecule has 0 aromatic heterocycles. The maximum Gasteiger partial charge on any atom is 0.158 e. The lowest BCUT2D eigenvalue weighted by Crippen LogP contribution is -2.54. The quantitative estimate of drug-likeness (QED) is 0.674. The van der Waals surface area contributed by atoms with E-state index in [4.69, 9.17) is 19.9 Å². The van der Waals surface area contributed by atoms with Crippen LogP contribution in [0.2, 0.25) is 0 Å². The van der Waals surface area contributed by atoms with Crippen LogP contribution in [0.15, 0.2) is 0 Å². The van der Waals surface area contributed by atoms with E-state index in [1.165, 1.54) is 12.8 Å². The van der Waals surface area contributed by atoms with E-state index in [1.54, 1.807) is 14.2 Å². The number of methoxy groups -OCH3 is 2. The van der Waals surface area contributed by atoms with Crippen molar-refractivity contribution in [2.75, 3.05) is 41.0 Å². The van der Waals surface area contributed by atoms with E-state index >= 15 is 0 Å². The maximum absolute atomic E-state index is 5.98. The third-order valence-electron chi connectivity index (χ3n) is 4.24. The normalized spacial score (nSPS) is 23.8. The predicted octanol–water partition coefficient (Wildman–Crippen LogP) is 1.21. The van der Waals surface area contributed by atoms with Crippen LogP contribution in [0.5, 0.6) is 0 Å². The molecule has 0 aromatic carbocycles. The van der Waals surface area contributed by atoms with Crippen molar-refractivity contribution in [2.24, 2.45) is 5.73 Å². The van der Waals surface area contributed by atoms with Gasteiger partial charge in [-0.2, -0.15) is 0 Å². The second-order valence-corrected chi connectivity index (χ2v) is 5.68. The summed E-state index contributed by atoms with van der Waals surface area (Å²) in [4.78, 5) is 2.29. The number of ether oxygens (including phenoxy) is 3. The first-order chi connectivity index (χ1) is 9.05. The molecule has 1 saturated heterocycles. The fourth-order valence-corrected chi connectivity index (χ4v) is 2.49. The summed E-state index contributed by atoms with van der Waals surface area (Å²) in [6, 6.07) is 0. The minimum absolute atomic E-state index is 0.141. The lowest BCUT2D eigenvalue weighted by molar-refractivity contribution is -0.130. The molecule has 0 bridgehead atoms. The predicted molar refractivity (Wildman–Crippen MR) is 76.1 cm³/mol. The van der Waals surface area contributed by atoms with Crippen molar-refractivity contribution in [3.8, 4) is 0 Å². The van der Waals surface area contributed by atoms with Crippen molar-refractivity contribution in [3.05, 3.63) is 0 Å². The van der Waals surface area contributed by atoms with Crippen molar-refractivity contribution in [3.63, 3.8) is 0 Å². The van der Waals surface area contributed by atoms with Gasteiger partial charge in [0.1, 0.15) is 0 Å². The standard InChI is InChI=1S/C14H30N2O3/c1-14(11-15,9-13(17-3)18-4)16(2)10-12-7-5-6-8-19-12/h12-13H,5-11,15H2,1-4H3. The van der Waals surface area contributed by atoms with E-state index in [0.29, 0.717) is 12.6 Å². The van der Waals surface area contributed by atoms with Crippen molar-refractivity contribution in [2.45, 2.75) is 50.5 Å². The minimum atomic E-state index is -0.219. The maximum atomic E-state index is 5.98. The van der Waals surface area contributed by atoms with Crippen molar-refractivity contribution >= 4 is 0 Å². The first-order valence-corrected chi connectivity index (χ1v) is 7.14. The summed E-state index contributed by atoms with van der Waals surface area (Å²) in [6.45, 7) is 4.52. The Labute approximate surface area is 117 Å². The number of hydrogen-bond donors (Lipinski definition) is 1. The highest BCUT2D eigenvalue weighted by Crippen LogP contribution is 2.23. The first kappa shape index (κ1) is 16.9. The Bertz CT molecular complexity index is 243. The summed E-state index contributed by atoms with van der Waals surface area (Å²) in [5.41, 5.74) is 5.84. The molecule has 114 valence electrons. The van der Waals surface area contributed by atoms with Gasteiger partial charge in [-0.3, -0.25) is 4.90 Å². The molecular weight excluding hydrogens is 244 g/mol. The minimum Gasteiger partial charge on any atom is -0.377 e. The molecule has 1 heterocycles. The first-order valence-electron chi connectivity index (χ1n) is 7.14. The molecule has 0 saturated carbocycles. The zero-order valence-electron chi connectivity index (χ0n) is 12.9. The zero-order chi connectivity index (χ0) is 14.3. The van der Waals surface area contributed by atoms with Crippen LogP contribution in [0.4, 0.5) is 0 Å². The van der Waals surface area contributed by atoms with Crippen LogP contribution in [-0.2, 0) is 14.2 Å². The molecular formula is C14H30N2O3. The van der Waals surface area contributed by atoms with Crippen LogP contribution in [0.25, 0.3) is 0 Å². The fourth-order valence-electron chi connectivity index (χ4n) is 2.49. The van der Waals surface area contributed by atoms with Crippen LogP contribution < -0.4 is 5.73 Å². The van der Waals surface area contributed by atoms with E-state index in [1.807, 2.05) is 0 Å². The zero-order valence-corrected chi connectivity index (χ0v) is 12.9. The smallest absolute Gasteiger partial charge is 0.158 e. The second kappa shape index (κ2) is 8.17. The average molecular weight is 274 g/mol. The molecule has 2 unspecified atom stereocenters. The number of nitrogens with two attached hydrogens (primary N) is 1. The fraction of sp³-hybridized carbons (Fsp3) is 1.00. The monoisotopic (exact) mass is 274 g/mol. The van der Waals surface area contributed by atoms with E-state index in [-0.39, 0.29) is 11.8 Å². The molecule has 0 amide bonds. The summed E-state index contributed by atoms with van der Waals surface area (Å²) in [6.07, 6.45) is 4.44. The molecule has 0 radical (unpaired) electrons. The average Bonchev–Trinajstić information content (AvgIpc) is 2.45. The van der Waals surface area contributed by atoms with E-state index in [2.05, 4.69) is 18.9 Å². The lowest BCUT2D eigenvalue weighted by Gasteiger charge is -2.41. The van der Waals surface area contributed by atoms with Gasteiger partial charge in [-0.05, 0) is 33.2 Å². The van der Waals surface area contributed by atoms with Gasteiger partial charge >= 0.3 is 0 Å². The van der Waals surface area contributed by atoms with Crippen LogP contribution in [0.3, 0.4) is 0 Å². The molecule has 1 aliphatic heterocycles. The highest BCUT2D eigenvalue weighted by atomic mass is 16.7. The van der Waals surface area contributed by atoms with Gasteiger partial charge in [0, 0.05) is 45.9 Å². The van der Waals surface area contributed by atoms with Crippen LogP contribution in [0.1, 0.15) is 32.6 Å². The Morgan fingerprint density at radius 2 is 2.05 bits per heavy atom. The number of nitrogens with zero attached hydrogens (tertiary/aromatic N) is 1. The van der Waals surface area contributed by atoms with Gasteiger partial charge in [-0.1, -0.05) is 0 Å². The molecule has 1 fully saturated rings. The SMILES string of the molecule is COC(CC(C)(CN)N(C)CC1CCCCO1)OC. The molecule has 1 rings (SSSR count). The molecule has 2 atom stereocenters. The van der Waals surface area contributed by atoms with Crippen LogP contribution in [0, 0.1) is 0 Å². The summed E-state index contributed by atoms with van der Waals surface area (Å²) < 4.78 is 16.4. The van der Waals surface area contributed by atoms with Gasteiger partial charge in [0.05, 0.1) is 6.10 Å². The van der Waals surface area contributed by atoms with Crippen molar-refractivity contribution in [1.29, 1.82) is 0 Å². The van der Waals surface area contributed by atoms with E-state index in [0.717, 1.165) is 26.0 Å². The Kier molecular flexibility index (Phi) is 7.25. The summed E-state index contributed by atoms with van der Waals surface area (Å²) in [5.74, 6) is 0. The second-order valence-electron chi connectivity index (χ2n) is 5.68. The number of hydrogen-bond acceptors (Lipinski definition) is 5. The largest absolute Gasteiger partial charge is 0.377 e. The van der Waals surface area contributed by atoms with E-state index in [9.17, 15) is 0 Å². The molecule has 5 heteroatoms. The van der Waals surface area contributed by atoms with Gasteiger partial charge in [-0.25, -0.2) is 0 Å². The molecule has 2 N–H and O–H groups in total. The van der Waals surface area contributed by atoms with Gasteiger partial charge in [0.15, 0.2) is 6.29 Å². The van der Waals surface area contributed by atoms with Gasteiger partial charge in [0.2, 0.25) is 0 Å². The van der Waals surface area contributed by atoms with Gasteiger partial charge < -0.3 is 19.9 Å². The van der Waals surface area contributed by atoms with Gasteiger partial charge in [0.25, 0.3) is 0 Å². The van der Waals surface area contributed by atoms with Crippen LogP contribution >= 0.6 is 0 Å². The third-order valence-corrected chi connectivity index (χ3v) is 4.24. The molecule has 1 aliphatic rings. The number of rotatable bonds is 8. The lowest BCUT2D eigenvalue weighted by atomic mass is 9.94. The Hall–Kier alpha value is -0.200. The molecule has 0 aromatic rings. The highest BCUT2D eigenvalue weighted by molar-refractivity contribution is 4.88. The third kappa shape index (κ3) is 5.00. The Morgan fingerprint density at radius 3 is 2.53 bits per heavy atom. The molecule has 0 spiro atoms. The van der Waals surface area contributed by atoms with Gasteiger partial charge in [-0.15, -0.1) is 0 Å². The van der Waals surface area contributed by atoms with E-state index < -0.39 is 0 Å². The molecule has 19 heavy (non-hydrogen) atoms. The summed E-state index contributed by atoms with van der Waals surface area (Å²) in [5, 5.41) is 0. The Morgan fingerprint density at radius 1 is 1.37 bits per heavy atom. The topological polar surface area (TPSA) is 57.0 Å². The van der Waals surface area contributed by atoms with Crippen molar-refractivity contribution < 1.29 is 14.2 Å². The summed E-state index contributed by atoms with van der Waals surface area (Å²) in [7, 11) is 5.43. The Balaban J connectivity index is 2.54. The van der Waals surface area contributed by atoms with Crippen molar-refractivity contribution in [1.82, 2.24) is 4.90 Å².